The Morgan fingerprint density at radius 3 is 0.785 bits per heavy atom. The van der Waals surface area contributed by atoms with E-state index in [9.17, 15) is 154 Å². The van der Waals surface area contributed by atoms with Crippen molar-refractivity contribution < 1.29 is 159 Å². The highest BCUT2D eigenvalue weighted by molar-refractivity contribution is 8.00. The second kappa shape index (κ2) is 18.1. The number of rotatable bonds is 24. The Kier molecular flexibility index (Phi) is 17.4. The minimum atomic E-state index is -8.95. The molecule has 0 rings (SSSR count). The van der Waals surface area contributed by atoms with Gasteiger partial charge in [-0.15, -0.1) is 0 Å². The van der Waals surface area contributed by atoms with Gasteiger partial charge in [-0.25, -0.2) is 4.79 Å². The van der Waals surface area contributed by atoms with Crippen molar-refractivity contribution in [2.24, 2.45) is 0 Å². The molecule has 0 unspecified atom stereocenters. The normalized spacial score (nSPS) is 16.1. The average Bonchev–Trinajstić information content (AvgIpc) is 3.09. The summed E-state index contributed by atoms with van der Waals surface area (Å²) in [6.45, 7) is 3.65. The summed E-state index contributed by atoms with van der Waals surface area (Å²) in [6, 6.07) is 0. The molecule has 388 valence electrons. The Labute approximate surface area is 345 Å². The molecule has 0 spiro atoms. The first-order valence-corrected chi connectivity index (χ1v) is 17.7. The molecular formula is C27H18F34O2S2. The minimum absolute atomic E-state index is 0.492. The van der Waals surface area contributed by atoms with Gasteiger partial charge in [0.2, 0.25) is 0 Å². The molecule has 0 aliphatic heterocycles. The summed E-state index contributed by atoms with van der Waals surface area (Å²) in [7, 11) is 0. The van der Waals surface area contributed by atoms with Gasteiger partial charge in [-0.05, 0) is 18.4 Å². The molecule has 0 fully saturated rings. The summed E-state index contributed by atoms with van der Waals surface area (Å²) < 4.78 is 462. The first-order chi connectivity index (χ1) is 27.9. The van der Waals surface area contributed by atoms with Gasteiger partial charge in [0.1, 0.15) is 6.10 Å². The van der Waals surface area contributed by atoms with Gasteiger partial charge < -0.3 is 4.74 Å². The van der Waals surface area contributed by atoms with Gasteiger partial charge in [0, 0.05) is 29.9 Å². The van der Waals surface area contributed by atoms with E-state index < -0.39 is 172 Å². The van der Waals surface area contributed by atoms with Crippen LogP contribution in [-0.4, -0.2) is 130 Å². The number of ether oxygens (including phenoxy) is 1. The van der Waals surface area contributed by atoms with Gasteiger partial charge in [-0.3, -0.25) is 0 Å². The van der Waals surface area contributed by atoms with Gasteiger partial charge in [0.25, 0.3) is 0 Å². The Morgan fingerprint density at radius 1 is 0.385 bits per heavy atom. The van der Waals surface area contributed by atoms with Crippen LogP contribution in [-0.2, 0) is 9.53 Å². The van der Waals surface area contributed by atoms with Crippen LogP contribution in [0, 0.1) is 0 Å². The van der Waals surface area contributed by atoms with Crippen LogP contribution in [0.2, 0.25) is 0 Å². The summed E-state index contributed by atoms with van der Waals surface area (Å²) in [5.41, 5.74) is -0.723. The van der Waals surface area contributed by atoms with E-state index in [0.717, 1.165) is 6.92 Å². The number of carbonyl (C=O) groups excluding carboxylic acids is 1. The maximum Gasteiger partial charge on any atom is 0.460 e. The molecule has 0 saturated carbocycles. The number of carbonyl (C=O) groups is 1. The molecular weight excluding hydrogens is 1070 g/mol. The van der Waals surface area contributed by atoms with Crippen molar-refractivity contribution in [2.45, 2.75) is 121 Å². The second-order valence-electron chi connectivity index (χ2n) is 12.8. The number of hydrogen-bond donors (Lipinski definition) is 0. The van der Waals surface area contributed by atoms with Crippen molar-refractivity contribution in [3.05, 3.63) is 12.2 Å². The molecule has 0 amide bonds. The van der Waals surface area contributed by atoms with Crippen LogP contribution in [0.25, 0.3) is 0 Å². The van der Waals surface area contributed by atoms with Crippen LogP contribution in [0.1, 0.15) is 19.8 Å². The molecule has 0 heterocycles. The Balaban J connectivity index is 6.30. The molecule has 38 heteroatoms. The van der Waals surface area contributed by atoms with Crippen molar-refractivity contribution in [3.63, 3.8) is 0 Å². The van der Waals surface area contributed by atoms with Crippen LogP contribution in [0.15, 0.2) is 12.2 Å². The van der Waals surface area contributed by atoms with Gasteiger partial charge in [0.05, 0.1) is 0 Å². The third-order valence-electron chi connectivity index (χ3n) is 7.92. The van der Waals surface area contributed by atoms with E-state index in [1.807, 2.05) is 0 Å². The lowest BCUT2D eigenvalue weighted by molar-refractivity contribution is -0.461. The summed E-state index contributed by atoms with van der Waals surface area (Å²) in [5, 5.41) is 0. The standard InChI is InChI=1S/C27H18F34O2S2/c1-9(2)11(62)63-10(7-64-5-3-12(28,29)14(32,33)16(36,37)18(40,41)20(44,45)22(48,49)24(52,53)26(56,57)58)8-65-6-4-13(30,31)15(34,35)17(38,39)19(42,43)21(46,47)23(50,51)25(54,55)27(59,60)61/h10H,1,3-8H2,2H3. The second-order valence-corrected chi connectivity index (χ2v) is 15.1. The lowest BCUT2D eigenvalue weighted by atomic mass is 9.88. The summed E-state index contributed by atoms with van der Waals surface area (Å²) in [6.07, 6.45) is -24.4. The van der Waals surface area contributed by atoms with Gasteiger partial charge in [-0.1, -0.05) is 6.58 Å². The first-order valence-electron chi connectivity index (χ1n) is 15.4. The van der Waals surface area contributed by atoms with Crippen LogP contribution in [0.3, 0.4) is 0 Å². The average molecular weight is 1080 g/mol. The van der Waals surface area contributed by atoms with E-state index in [2.05, 4.69) is 11.3 Å². The SMILES string of the molecule is C=C(C)C(=O)OC(CSCCC(F)(F)C(F)(F)C(F)(F)C(F)(F)C(F)(F)C(F)(F)C(F)(F)C(F)(F)F)CSCCC(F)(F)C(F)(F)C(F)(F)C(F)(F)C(F)(F)C(F)(F)C(F)(F)C(F)(F)F. The maximum absolute atomic E-state index is 14.2. The zero-order chi connectivity index (χ0) is 53.1. The highest BCUT2D eigenvalue weighted by atomic mass is 32.2. The first kappa shape index (κ1) is 62.5. The Hall–Kier alpha value is -2.47. The largest absolute Gasteiger partial charge is 0.460 e. The quantitative estimate of drug-likeness (QED) is 0.0416. The minimum Gasteiger partial charge on any atom is -0.457 e. The Bertz CT molecular complexity index is 1550. The van der Waals surface area contributed by atoms with Gasteiger partial charge in [-0.2, -0.15) is 173 Å². The molecule has 0 bridgehead atoms. The van der Waals surface area contributed by atoms with E-state index in [-0.39, 0.29) is 0 Å². The third-order valence-corrected chi connectivity index (χ3v) is 10.1. The highest BCUT2D eigenvalue weighted by Gasteiger charge is 2.96. The maximum atomic E-state index is 14.2. The topological polar surface area (TPSA) is 26.3 Å². The zero-order valence-electron chi connectivity index (χ0n) is 30.0. The fraction of sp³-hybridized carbons (Fsp3) is 0.889. The molecule has 0 N–H and O–H groups in total. The molecule has 0 aromatic heterocycles. The predicted octanol–water partition coefficient (Wildman–Crippen LogP) is 13.7. The van der Waals surface area contributed by atoms with Crippen molar-refractivity contribution in [1.82, 2.24) is 0 Å². The van der Waals surface area contributed by atoms with Gasteiger partial charge in [0.15, 0.2) is 0 Å². The molecule has 0 aromatic carbocycles. The molecule has 2 nitrogen and oxygen atoms in total. The third kappa shape index (κ3) is 10.0. The smallest absolute Gasteiger partial charge is 0.457 e. The van der Waals surface area contributed by atoms with Crippen molar-refractivity contribution >= 4 is 29.5 Å². The van der Waals surface area contributed by atoms with Gasteiger partial charge >= 0.3 is 101 Å². The fourth-order valence-corrected chi connectivity index (χ4v) is 6.09. The molecule has 0 atom stereocenters. The molecule has 0 aliphatic rings. The molecule has 65 heavy (non-hydrogen) atoms. The lowest BCUT2D eigenvalue weighted by Gasteiger charge is -2.42. The van der Waals surface area contributed by atoms with Crippen molar-refractivity contribution in [1.29, 1.82) is 0 Å². The molecule has 0 saturated heterocycles. The summed E-state index contributed by atoms with van der Waals surface area (Å²) in [4.78, 5) is 11.8. The number of hydrogen-bond acceptors (Lipinski definition) is 4. The van der Waals surface area contributed by atoms with Crippen molar-refractivity contribution in [3.8, 4) is 0 Å². The van der Waals surface area contributed by atoms with E-state index in [4.69, 9.17) is 0 Å². The molecule has 0 radical (unpaired) electrons. The number of thioether (sulfide) groups is 2. The summed E-state index contributed by atoms with van der Waals surface area (Å²) >= 11 is -0.983. The number of alkyl halides is 34. The van der Waals surface area contributed by atoms with E-state index in [1.54, 1.807) is 0 Å². The lowest BCUT2D eigenvalue weighted by Crippen LogP contribution is -2.74. The predicted molar refractivity (Wildman–Crippen MR) is 150 cm³/mol. The highest BCUT2D eigenvalue weighted by Crippen LogP contribution is 2.66. The number of esters is 1. The van der Waals surface area contributed by atoms with E-state index in [0.29, 0.717) is 0 Å². The monoisotopic (exact) mass is 1080 g/mol. The summed E-state index contributed by atoms with van der Waals surface area (Å²) in [5.74, 6) is -126. The zero-order valence-corrected chi connectivity index (χ0v) is 31.6. The van der Waals surface area contributed by atoms with Crippen LogP contribution in [0.4, 0.5) is 149 Å². The van der Waals surface area contributed by atoms with E-state index >= 15 is 0 Å². The number of halogens is 34. The van der Waals surface area contributed by atoms with Crippen molar-refractivity contribution in [2.75, 3.05) is 23.0 Å². The van der Waals surface area contributed by atoms with E-state index in [1.165, 1.54) is 0 Å². The van der Waals surface area contributed by atoms with Crippen LogP contribution >= 0.6 is 23.5 Å². The van der Waals surface area contributed by atoms with Crippen LogP contribution in [0.5, 0.6) is 0 Å². The molecule has 0 aromatic rings. The Morgan fingerprint density at radius 2 is 0.585 bits per heavy atom. The fourth-order valence-electron chi connectivity index (χ4n) is 3.91. The van der Waals surface area contributed by atoms with Crippen LogP contribution < -0.4 is 0 Å². The molecule has 0 aliphatic carbocycles.